The van der Waals surface area contributed by atoms with Gasteiger partial charge in [0, 0.05) is 16.3 Å². The second kappa shape index (κ2) is 9.00. The van der Waals surface area contributed by atoms with Crippen LogP contribution in [-0.4, -0.2) is 31.0 Å². The molecule has 168 valence electrons. The number of nitrogens with zero attached hydrogens (tertiary/aromatic N) is 1. The van der Waals surface area contributed by atoms with Gasteiger partial charge in [-0.2, -0.15) is 0 Å². The molecule has 0 spiro atoms. The Morgan fingerprint density at radius 3 is 2.15 bits per heavy atom. The van der Waals surface area contributed by atoms with E-state index in [2.05, 4.69) is 0 Å². The molecule has 0 aromatic heterocycles. The van der Waals surface area contributed by atoms with Crippen molar-refractivity contribution in [2.24, 2.45) is 0 Å². The Morgan fingerprint density at radius 2 is 1.55 bits per heavy atom. The van der Waals surface area contributed by atoms with Crippen molar-refractivity contribution in [2.75, 3.05) is 19.1 Å². The number of ketones is 1. The zero-order valence-electron chi connectivity index (χ0n) is 18.3. The van der Waals surface area contributed by atoms with Gasteiger partial charge in [0.25, 0.3) is 11.7 Å². The average molecular weight is 464 g/mol. The minimum absolute atomic E-state index is 0.0184. The van der Waals surface area contributed by atoms with Crippen LogP contribution in [-0.2, 0) is 9.59 Å². The van der Waals surface area contributed by atoms with Gasteiger partial charge in [-0.1, -0.05) is 35.4 Å². The highest BCUT2D eigenvalue weighted by molar-refractivity contribution is 6.51. The van der Waals surface area contributed by atoms with Crippen molar-refractivity contribution in [2.45, 2.75) is 13.0 Å². The maximum absolute atomic E-state index is 13.2. The highest BCUT2D eigenvalue weighted by Gasteiger charge is 2.47. The number of halogens is 1. The third-order valence-corrected chi connectivity index (χ3v) is 5.85. The standard InChI is InChI=1S/C26H22ClNO5/c1-15-4-11-19(12-5-15)28-23(17-8-13-20(32-2)21(14-17)33-3)22(25(30)26(28)31)24(29)16-6-9-18(27)10-7-16/h4-14,23,29H,1-3H3/b24-22-. The molecule has 4 rings (SSSR count). The van der Waals surface area contributed by atoms with Crippen molar-refractivity contribution in [3.8, 4) is 11.5 Å². The Hall–Kier alpha value is -3.77. The number of carbonyl (C=O) groups excluding carboxylic acids is 2. The average Bonchev–Trinajstić information content (AvgIpc) is 3.09. The number of aryl methyl sites for hydroxylation is 1. The lowest BCUT2D eigenvalue weighted by Gasteiger charge is -2.26. The van der Waals surface area contributed by atoms with Crippen LogP contribution < -0.4 is 14.4 Å². The summed E-state index contributed by atoms with van der Waals surface area (Å²) < 4.78 is 10.8. The molecule has 1 amide bonds. The summed E-state index contributed by atoms with van der Waals surface area (Å²) in [6, 6.07) is 18.0. The van der Waals surface area contributed by atoms with E-state index in [-0.39, 0.29) is 11.3 Å². The quantitative estimate of drug-likeness (QED) is 0.316. The number of hydrogen-bond acceptors (Lipinski definition) is 5. The number of aliphatic hydroxyl groups excluding tert-OH is 1. The maximum atomic E-state index is 13.2. The van der Waals surface area contributed by atoms with Crippen LogP contribution in [0.15, 0.2) is 72.3 Å². The molecule has 3 aromatic carbocycles. The lowest BCUT2D eigenvalue weighted by Crippen LogP contribution is -2.29. The first-order valence-corrected chi connectivity index (χ1v) is 10.6. The number of ether oxygens (including phenoxy) is 2. The lowest BCUT2D eigenvalue weighted by molar-refractivity contribution is -0.132. The van der Waals surface area contributed by atoms with E-state index >= 15 is 0 Å². The van der Waals surface area contributed by atoms with Gasteiger partial charge in [-0.25, -0.2) is 0 Å². The molecule has 1 atom stereocenters. The molecule has 1 unspecified atom stereocenters. The van der Waals surface area contributed by atoms with Crippen LogP contribution in [0.4, 0.5) is 5.69 Å². The van der Waals surface area contributed by atoms with Gasteiger partial charge in [-0.3, -0.25) is 14.5 Å². The molecule has 1 saturated heterocycles. The van der Waals surface area contributed by atoms with Crippen molar-refractivity contribution >= 4 is 34.7 Å². The van der Waals surface area contributed by atoms with Crippen LogP contribution in [0.2, 0.25) is 5.02 Å². The Kier molecular flexibility index (Phi) is 6.11. The number of methoxy groups -OCH3 is 2. The molecule has 1 aliphatic heterocycles. The molecular formula is C26H22ClNO5. The molecule has 1 heterocycles. The molecule has 1 fully saturated rings. The zero-order chi connectivity index (χ0) is 23.7. The summed E-state index contributed by atoms with van der Waals surface area (Å²) in [5.41, 5.74) is 2.50. The van der Waals surface area contributed by atoms with Crippen LogP contribution in [0, 0.1) is 6.92 Å². The minimum Gasteiger partial charge on any atom is -0.507 e. The largest absolute Gasteiger partial charge is 0.507 e. The molecular weight excluding hydrogens is 442 g/mol. The summed E-state index contributed by atoms with van der Waals surface area (Å²) in [7, 11) is 3.03. The van der Waals surface area contributed by atoms with Gasteiger partial charge in [0.1, 0.15) is 5.76 Å². The van der Waals surface area contributed by atoms with Gasteiger partial charge < -0.3 is 14.6 Å². The Morgan fingerprint density at radius 1 is 0.909 bits per heavy atom. The predicted octanol–water partition coefficient (Wildman–Crippen LogP) is 5.29. The Bertz CT molecular complexity index is 1250. The molecule has 1 aliphatic rings. The van der Waals surface area contributed by atoms with Crippen LogP contribution in [0.3, 0.4) is 0 Å². The fraction of sp³-hybridized carbons (Fsp3) is 0.154. The van der Waals surface area contributed by atoms with Crippen molar-refractivity contribution in [3.63, 3.8) is 0 Å². The van der Waals surface area contributed by atoms with E-state index in [1.807, 2.05) is 19.1 Å². The number of Topliss-reactive ketones (excluding diaryl/α,β-unsaturated/α-hetero) is 1. The van der Waals surface area contributed by atoms with E-state index < -0.39 is 17.7 Å². The van der Waals surface area contributed by atoms with Gasteiger partial charge >= 0.3 is 0 Å². The second-order valence-electron chi connectivity index (χ2n) is 7.63. The molecule has 0 radical (unpaired) electrons. The van der Waals surface area contributed by atoms with Crippen molar-refractivity contribution in [3.05, 3.63) is 94.0 Å². The van der Waals surface area contributed by atoms with Crippen molar-refractivity contribution in [1.82, 2.24) is 0 Å². The van der Waals surface area contributed by atoms with E-state index in [0.29, 0.717) is 33.3 Å². The number of amides is 1. The summed E-state index contributed by atoms with van der Waals surface area (Å²) in [6.45, 7) is 1.93. The van der Waals surface area contributed by atoms with Crippen LogP contribution in [0.25, 0.3) is 5.76 Å². The Labute approximate surface area is 196 Å². The summed E-state index contributed by atoms with van der Waals surface area (Å²) in [4.78, 5) is 27.8. The molecule has 0 bridgehead atoms. The minimum atomic E-state index is -0.872. The summed E-state index contributed by atoms with van der Waals surface area (Å²) in [6.07, 6.45) is 0. The number of aliphatic hydroxyl groups is 1. The van der Waals surface area contributed by atoms with E-state index in [4.69, 9.17) is 21.1 Å². The summed E-state index contributed by atoms with van der Waals surface area (Å²) in [5, 5.41) is 11.6. The van der Waals surface area contributed by atoms with E-state index in [1.165, 1.54) is 19.1 Å². The van der Waals surface area contributed by atoms with Crippen molar-refractivity contribution < 1.29 is 24.2 Å². The third-order valence-electron chi connectivity index (χ3n) is 5.60. The van der Waals surface area contributed by atoms with Crippen LogP contribution >= 0.6 is 11.6 Å². The number of hydrogen-bond donors (Lipinski definition) is 1. The van der Waals surface area contributed by atoms with Crippen LogP contribution in [0.5, 0.6) is 11.5 Å². The lowest BCUT2D eigenvalue weighted by atomic mass is 9.94. The van der Waals surface area contributed by atoms with Gasteiger partial charge in [-0.05, 0) is 61.0 Å². The monoisotopic (exact) mass is 463 g/mol. The Balaban J connectivity index is 1.96. The normalized spacial score (nSPS) is 17.3. The van der Waals surface area contributed by atoms with Gasteiger partial charge in [0.15, 0.2) is 11.5 Å². The fourth-order valence-corrected chi connectivity index (χ4v) is 4.03. The molecule has 33 heavy (non-hydrogen) atoms. The first-order chi connectivity index (χ1) is 15.8. The number of anilines is 1. The molecule has 1 N–H and O–H groups in total. The van der Waals surface area contributed by atoms with Crippen LogP contribution in [0.1, 0.15) is 22.7 Å². The van der Waals surface area contributed by atoms with Crippen molar-refractivity contribution in [1.29, 1.82) is 0 Å². The number of benzene rings is 3. The third kappa shape index (κ3) is 4.05. The SMILES string of the molecule is COc1ccc(C2/C(=C(/O)c3ccc(Cl)cc3)C(=O)C(=O)N2c2ccc(C)cc2)cc1OC. The second-order valence-corrected chi connectivity index (χ2v) is 8.06. The predicted molar refractivity (Wildman–Crippen MR) is 127 cm³/mol. The topological polar surface area (TPSA) is 76.1 Å². The highest BCUT2D eigenvalue weighted by Crippen LogP contribution is 2.44. The molecule has 3 aromatic rings. The number of carbonyl (C=O) groups is 2. The van der Waals surface area contributed by atoms with Gasteiger partial charge in [0.05, 0.1) is 25.8 Å². The van der Waals surface area contributed by atoms with E-state index in [9.17, 15) is 14.7 Å². The highest BCUT2D eigenvalue weighted by atomic mass is 35.5. The maximum Gasteiger partial charge on any atom is 0.300 e. The smallest absolute Gasteiger partial charge is 0.300 e. The molecule has 6 nitrogen and oxygen atoms in total. The molecule has 7 heteroatoms. The summed E-state index contributed by atoms with van der Waals surface area (Å²) >= 11 is 5.98. The van der Waals surface area contributed by atoms with Gasteiger partial charge in [-0.15, -0.1) is 0 Å². The van der Waals surface area contributed by atoms with E-state index in [1.54, 1.807) is 54.6 Å². The summed E-state index contributed by atoms with van der Waals surface area (Å²) in [5.74, 6) is -0.835. The first kappa shape index (κ1) is 22.4. The fourth-order valence-electron chi connectivity index (χ4n) is 3.91. The molecule has 0 aliphatic carbocycles. The first-order valence-electron chi connectivity index (χ1n) is 10.2. The van der Waals surface area contributed by atoms with E-state index in [0.717, 1.165) is 5.56 Å². The van der Waals surface area contributed by atoms with Gasteiger partial charge in [0.2, 0.25) is 0 Å². The zero-order valence-corrected chi connectivity index (χ0v) is 19.1. The number of rotatable bonds is 5. The molecule has 0 saturated carbocycles.